The molecule has 108 valence electrons. The molecule has 19 heavy (non-hydrogen) atoms. The lowest BCUT2D eigenvalue weighted by Gasteiger charge is -2.24. The molecule has 0 spiro atoms. The third kappa shape index (κ3) is 0.992. The van der Waals surface area contributed by atoms with Crippen molar-refractivity contribution in [3.63, 3.8) is 0 Å². The van der Waals surface area contributed by atoms with E-state index >= 15 is 0 Å². The van der Waals surface area contributed by atoms with Gasteiger partial charge in [-0.2, -0.15) is 0 Å². The van der Waals surface area contributed by atoms with Gasteiger partial charge in [0.2, 0.25) is 0 Å². The van der Waals surface area contributed by atoms with Gasteiger partial charge in [0.05, 0.1) is 5.41 Å². The molecule has 0 amide bonds. The van der Waals surface area contributed by atoms with Crippen LogP contribution in [0.3, 0.4) is 0 Å². The number of hydrogen-bond acceptors (Lipinski definition) is 6. The largest absolute Gasteiger partial charge is 0.479 e. The van der Waals surface area contributed by atoms with E-state index in [0.717, 1.165) is 0 Å². The zero-order valence-electron chi connectivity index (χ0n) is 11.1. The molecule has 0 bridgehead atoms. The highest BCUT2D eigenvalue weighted by Crippen LogP contribution is 2.78. The molecule has 2 fully saturated rings. The van der Waals surface area contributed by atoms with Crippen LogP contribution in [-0.4, -0.2) is 60.2 Å². The number of Topliss-reactive ketones (excluding diaryl/α,β-unsaturated/α-hetero) is 1. The summed E-state index contributed by atoms with van der Waals surface area (Å²) in [6.07, 6.45) is -2.30. The Kier molecular flexibility index (Phi) is 2.28. The molecule has 2 saturated carbocycles. The second kappa shape index (κ2) is 3.01. The molecule has 0 heterocycles. The van der Waals surface area contributed by atoms with Gasteiger partial charge in [-0.1, -0.05) is 13.8 Å². The molecule has 0 aromatic carbocycles. The molecule has 2 aliphatic carbocycles. The van der Waals surface area contributed by atoms with Crippen LogP contribution in [0.2, 0.25) is 0 Å². The lowest BCUT2D eigenvalue weighted by atomic mass is 9.93. The molecule has 2 aliphatic rings. The van der Waals surface area contributed by atoms with Crippen molar-refractivity contribution in [2.45, 2.75) is 50.6 Å². The van der Waals surface area contributed by atoms with Gasteiger partial charge in [0.25, 0.3) is 0 Å². The molecule has 7 heteroatoms. The van der Waals surface area contributed by atoms with Crippen LogP contribution >= 0.6 is 0 Å². The number of carboxylic acid groups (broad SMARTS) is 1. The summed E-state index contributed by atoms with van der Waals surface area (Å²) in [4.78, 5) is 22.6. The number of carbonyl (C=O) groups is 2. The van der Waals surface area contributed by atoms with E-state index in [2.05, 4.69) is 0 Å². The van der Waals surface area contributed by atoms with E-state index in [1.54, 1.807) is 0 Å². The number of ketones is 1. The van der Waals surface area contributed by atoms with Gasteiger partial charge in [-0.25, -0.2) is 4.79 Å². The van der Waals surface area contributed by atoms with E-state index in [4.69, 9.17) is 5.11 Å². The number of carboxylic acids is 1. The van der Waals surface area contributed by atoms with Crippen LogP contribution in [0.5, 0.6) is 0 Å². The zero-order valence-corrected chi connectivity index (χ0v) is 11.1. The molecule has 2 rings (SSSR count). The summed E-state index contributed by atoms with van der Waals surface area (Å²) >= 11 is 0. The highest BCUT2D eigenvalue weighted by atomic mass is 16.5. The molecule has 0 aromatic rings. The average molecular weight is 274 g/mol. The maximum Gasteiger partial charge on any atom is 0.335 e. The molecule has 0 radical (unpaired) electrons. The van der Waals surface area contributed by atoms with Crippen LogP contribution in [0.25, 0.3) is 0 Å². The summed E-state index contributed by atoms with van der Waals surface area (Å²) in [5, 5.41) is 49.7. The number of aliphatic hydroxyl groups is 4. The predicted molar refractivity (Wildman–Crippen MR) is 61.1 cm³/mol. The number of rotatable bonds is 3. The first-order valence-corrected chi connectivity index (χ1v) is 5.89. The SMILES string of the molecule is CC1(C)C(=O)[C@]1(O)[C@]1(O)C(C)(C)[C@]1(O)[C@H](O)C(=O)O. The quantitative estimate of drug-likeness (QED) is 0.413. The molecule has 7 nitrogen and oxygen atoms in total. The van der Waals surface area contributed by atoms with E-state index in [-0.39, 0.29) is 0 Å². The molecule has 0 unspecified atom stereocenters. The minimum absolute atomic E-state index is 0.691. The van der Waals surface area contributed by atoms with Crippen molar-refractivity contribution >= 4 is 11.8 Å². The van der Waals surface area contributed by atoms with Crippen molar-refractivity contribution in [1.29, 1.82) is 0 Å². The fourth-order valence-corrected chi connectivity index (χ4v) is 3.52. The fourth-order valence-electron chi connectivity index (χ4n) is 3.52. The lowest BCUT2D eigenvalue weighted by molar-refractivity contribution is -0.167. The predicted octanol–water partition coefficient (Wildman–Crippen LogP) is -1.73. The molecular formula is C12H18O7. The minimum atomic E-state index is -2.50. The van der Waals surface area contributed by atoms with Crippen LogP contribution in [0, 0.1) is 10.8 Å². The van der Waals surface area contributed by atoms with Crippen LogP contribution in [0.1, 0.15) is 27.7 Å². The standard InChI is InChI=1S/C12H18O7/c1-8(2)7(16)11(8,18)12(19)9(3,4)10(12,17)5(13)6(14)15/h5,13,17-19H,1-4H3,(H,14,15)/t5-,10-,11-,12+/m1/s1. The Morgan fingerprint density at radius 1 is 1.11 bits per heavy atom. The molecular weight excluding hydrogens is 256 g/mol. The molecule has 4 atom stereocenters. The molecule has 5 N–H and O–H groups in total. The first-order valence-electron chi connectivity index (χ1n) is 5.89. The third-order valence-electron chi connectivity index (χ3n) is 5.24. The molecule has 0 saturated heterocycles. The average Bonchev–Trinajstić information content (AvgIpc) is 2.86. The molecule has 0 aliphatic heterocycles. The van der Waals surface area contributed by atoms with Crippen molar-refractivity contribution in [2.75, 3.05) is 0 Å². The number of hydrogen-bond donors (Lipinski definition) is 5. The monoisotopic (exact) mass is 274 g/mol. The van der Waals surface area contributed by atoms with Crippen LogP contribution in [0.4, 0.5) is 0 Å². The fraction of sp³-hybridized carbons (Fsp3) is 0.833. The summed E-state index contributed by atoms with van der Waals surface area (Å²) in [6.45, 7) is 5.35. The highest BCUT2D eigenvalue weighted by molar-refractivity contribution is 6.13. The van der Waals surface area contributed by atoms with Gasteiger partial charge < -0.3 is 25.5 Å². The Bertz CT molecular complexity index is 496. The number of aliphatic hydroxyl groups excluding tert-OH is 1. The van der Waals surface area contributed by atoms with E-state index in [9.17, 15) is 30.0 Å². The maximum atomic E-state index is 11.8. The summed E-state index contributed by atoms with van der Waals surface area (Å²) in [7, 11) is 0. The van der Waals surface area contributed by atoms with Crippen molar-refractivity contribution in [2.24, 2.45) is 10.8 Å². The van der Waals surface area contributed by atoms with Gasteiger partial charge >= 0.3 is 5.97 Å². The topological polar surface area (TPSA) is 135 Å². The van der Waals surface area contributed by atoms with Gasteiger partial charge in [0, 0.05) is 5.41 Å². The van der Waals surface area contributed by atoms with Gasteiger partial charge in [-0.05, 0) is 13.8 Å². The van der Waals surface area contributed by atoms with Gasteiger partial charge in [-0.15, -0.1) is 0 Å². The number of aliphatic carboxylic acids is 1. The Hall–Kier alpha value is -1.02. The zero-order chi connectivity index (χ0) is 15.2. The number of carbonyl (C=O) groups excluding carboxylic acids is 1. The highest BCUT2D eigenvalue weighted by Gasteiger charge is 3.00. The van der Waals surface area contributed by atoms with Crippen molar-refractivity contribution < 1.29 is 35.1 Å². The smallest absolute Gasteiger partial charge is 0.335 e. The van der Waals surface area contributed by atoms with E-state index in [1.165, 1.54) is 27.7 Å². The first-order chi connectivity index (χ1) is 8.26. The Morgan fingerprint density at radius 2 is 1.47 bits per heavy atom. The second-order valence-electron chi connectivity index (χ2n) is 6.51. The Labute approximate surface area is 109 Å². The normalized spacial score (nSPS) is 47.7. The Balaban J connectivity index is 2.54. The lowest BCUT2D eigenvalue weighted by Crippen LogP contribution is -2.50. The van der Waals surface area contributed by atoms with Gasteiger partial charge in [0.15, 0.2) is 17.5 Å². The third-order valence-corrected chi connectivity index (χ3v) is 5.24. The van der Waals surface area contributed by atoms with Crippen molar-refractivity contribution in [1.82, 2.24) is 0 Å². The summed E-state index contributed by atoms with van der Waals surface area (Å²) in [5.74, 6) is -2.43. The van der Waals surface area contributed by atoms with Crippen LogP contribution < -0.4 is 0 Å². The van der Waals surface area contributed by atoms with Crippen LogP contribution in [-0.2, 0) is 9.59 Å². The van der Waals surface area contributed by atoms with Gasteiger partial charge in [-0.3, -0.25) is 4.79 Å². The van der Waals surface area contributed by atoms with E-state index in [0.29, 0.717) is 0 Å². The van der Waals surface area contributed by atoms with Crippen LogP contribution in [0.15, 0.2) is 0 Å². The van der Waals surface area contributed by atoms with E-state index in [1.807, 2.05) is 0 Å². The second-order valence-corrected chi connectivity index (χ2v) is 6.51. The van der Waals surface area contributed by atoms with Crippen molar-refractivity contribution in [3.8, 4) is 0 Å². The first kappa shape index (κ1) is 14.4. The van der Waals surface area contributed by atoms with Gasteiger partial charge in [0.1, 0.15) is 11.2 Å². The maximum absolute atomic E-state index is 11.8. The van der Waals surface area contributed by atoms with E-state index < -0.39 is 45.5 Å². The summed E-state index contributed by atoms with van der Waals surface area (Å²) in [6, 6.07) is 0. The Morgan fingerprint density at radius 3 is 1.74 bits per heavy atom. The van der Waals surface area contributed by atoms with Crippen molar-refractivity contribution in [3.05, 3.63) is 0 Å². The summed E-state index contributed by atoms with van der Waals surface area (Å²) < 4.78 is 0. The summed E-state index contributed by atoms with van der Waals surface area (Å²) in [5.41, 5.74) is -10.0. The molecule has 0 aromatic heterocycles. The minimum Gasteiger partial charge on any atom is -0.479 e.